The maximum absolute atomic E-state index is 13.1. The van der Waals surface area contributed by atoms with Gasteiger partial charge >= 0.3 is 0 Å². The van der Waals surface area contributed by atoms with Crippen LogP contribution in [0.25, 0.3) is 22.2 Å². The molecule has 0 spiro atoms. The normalized spacial score (nSPS) is 11.3. The van der Waals surface area contributed by atoms with Crippen molar-refractivity contribution >= 4 is 40.1 Å². The maximum Gasteiger partial charge on any atom is 0.257 e. The van der Waals surface area contributed by atoms with E-state index in [-0.39, 0.29) is 17.3 Å². The van der Waals surface area contributed by atoms with Gasteiger partial charge in [-0.15, -0.1) is 0 Å². The number of para-hydroxylation sites is 2. The maximum atomic E-state index is 13.1. The van der Waals surface area contributed by atoms with E-state index in [4.69, 9.17) is 29.9 Å². The highest BCUT2D eigenvalue weighted by atomic mass is 16.5. The molecule has 188 valence electrons. The highest BCUT2D eigenvalue weighted by molar-refractivity contribution is 6.10. The highest BCUT2D eigenvalue weighted by Crippen LogP contribution is 2.38. The van der Waals surface area contributed by atoms with Gasteiger partial charge in [-0.2, -0.15) is 9.78 Å². The van der Waals surface area contributed by atoms with Crippen molar-refractivity contribution < 1.29 is 19.0 Å². The number of aromatic nitrogens is 3. The molecule has 2 aromatic heterocycles. The fourth-order valence-corrected chi connectivity index (χ4v) is 3.95. The number of benzene rings is 2. The number of rotatable bonds is 10. The molecule has 4 rings (SSSR count). The smallest absolute Gasteiger partial charge is 0.257 e. The van der Waals surface area contributed by atoms with Crippen molar-refractivity contribution in [2.45, 2.75) is 26.2 Å². The quantitative estimate of drug-likeness (QED) is 0.254. The molecule has 4 aromatic rings. The van der Waals surface area contributed by atoms with Crippen molar-refractivity contribution in [3.8, 4) is 17.2 Å². The Morgan fingerprint density at radius 1 is 1.06 bits per heavy atom. The van der Waals surface area contributed by atoms with Crippen molar-refractivity contribution in [1.82, 2.24) is 20.0 Å². The zero-order valence-corrected chi connectivity index (χ0v) is 20.9. The Morgan fingerprint density at radius 2 is 1.72 bits per heavy atom. The monoisotopic (exact) mass is 490 g/mol. The number of hydrogen-bond donors (Lipinski definition) is 2. The van der Waals surface area contributed by atoms with E-state index in [9.17, 15) is 4.79 Å². The minimum absolute atomic E-state index is 0.150. The number of nitrogens with zero attached hydrogens (tertiary/aromatic N) is 4. The summed E-state index contributed by atoms with van der Waals surface area (Å²) in [6.45, 7) is 2.66. The molecule has 36 heavy (non-hydrogen) atoms. The molecule has 2 aromatic carbocycles. The average molecular weight is 491 g/mol. The molecule has 0 aliphatic carbocycles. The van der Waals surface area contributed by atoms with Gasteiger partial charge in [0.1, 0.15) is 16.9 Å². The van der Waals surface area contributed by atoms with E-state index < -0.39 is 0 Å². The molecule has 3 N–H and O–H groups in total. The fraction of sp³-hybridized carbons (Fsp3) is 0.308. The van der Waals surface area contributed by atoms with Crippen LogP contribution in [0.2, 0.25) is 0 Å². The summed E-state index contributed by atoms with van der Waals surface area (Å²) in [4.78, 5) is 22.6. The number of methoxy groups -OCH3 is 3. The zero-order chi connectivity index (χ0) is 25.7. The minimum atomic E-state index is -0.306. The van der Waals surface area contributed by atoms with Gasteiger partial charge in [-0.05, 0) is 30.7 Å². The second-order valence-electron chi connectivity index (χ2n) is 8.12. The first kappa shape index (κ1) is 24.8. The van der Waals surface area contributed by atoms with E-state index in [1.807, 2.05) is 24.3 Å². The number of carbonyl (C=O) groups is 1. The van der Waals surface area contributed by atoms with Crippen LogP contribution in [0.4, 0.5) is 5.82 Å². The van der Waals surface area contributed by atoms with Crippen LogP contribution in [0.15, 0.2) is 41.5 Å². The number of unbranched alkanes of at least 4 members (excludes halogenated alkanes) is 2. The SMILES string of the molecule is CCCCCNC(=O)c1c(N)n(N=Cc2cc(OC)c(OC)c(OC)c2)c2nc3ccccc3nc12. The summed E-state index contributed by atoms with van der Waals surface area (Å²) in [6.07, 6.45) is 4.56. The lowest BCUT2D eigenvalue weighted by molar-refractivity contribution is 0.0955. The molecular formula is C26H30N6O4. The van der Waals surface area contributed by atoms with E-state index in [0.29, 0.717) is 51.6 Å². The minimum Gasteiger partial charge on any atom is -0.493 e. The number of nitrogens with two attached hydrogens (primary N) is 1. The predicted octanol–water partition coefficient (Wildman–Crippen LogP) is 3.99. The van der Waals surface area contributed by atoms with Gasteiger partial charge in [-0.25, -0.2) is 9.97 Å². The van der Waals surface area contributed by atoms with E-state index in [0.717, 1.165) is 19.3 Å². The van der Waals surface area contributed by atoms with Crippen molar-refractivity contribution in [2.75, 3.05) is 33.6 Å². The van der Waals surface area contributed by atoms with Crippen LogP contribution in [0.5, 0.6) is 17.2 Å². The third kappa shape index (κ3) is 4.74. The molecule has 0 atom stereocenters. The standard InChI is InChI=1S/C26H30N6O4/c1-5-6-9-12-28-26(33)21-22-25(31-18-11-8-7-10-17(18)30-22)32(24(21)27)29-15-16-13-19(34-2)23(36-4)20(14-16)35-3/h7-8,10-11,13-15H,5-6,9,12,27H2,1-4H3,(H,28,33). The first-order valence-corrected chi connectivity index (χ1v) is 11.7. The van der Waals surface area contributed by atoms with Crippen molar-refractivity contribution in [3.63, 3.8) is 0 Å². The third-order valence-electron chi connectivity index (χ3n) is 5.78. The first-order valence-electron chi connectivity index (χ1n) is 11.7. The van der Waals surface area contributed by atoms with E-state index in [2.05, 4.69) is 17.3 Å². The van der Waals surface area contributed by atoms with Crippen LogP contribution in [-0.2, 0) is 0 Å². The van der Waals surface area contributed by atoms with E-state index in [1.165, 1.54) is 4.68 Å². The number of carbonyl (C=O) groups excluding carboxylic acids is 1. The summed E-state index contributed by atoms with van der Waals surface area (Å²) >= 11 is 0. The average Bonchev–Trinajstić information content (AvgIpc) is 3.17. The summed E-state index contributed by atoms with van der Waals surface area (Å²) < 4.78 is 17.7. The Labute approximate surface area is 209 Å². The van der Waals surface area contributed by atoms with Gasteiger partial charge < -0.3 is 25.3 Å². The number of nitrogens with one attached hydrogen (secondary N) is 1. The lowest BCUT2D eigenvalue weighted by Crippen LogP contribution is -2.25. The molecule has 2 heterocycles. The van der Waals surface area contributed by atoms with Crippen LogP contribution in [-0.4, -0.2) is 54.6 Å². The van der Waals surface area contributed by atoms with Gasteiger partial charge in [0.05, 0.1) is 38.6 Å². The Balaban J connectivity index is 1.82. The van der Waals surface area contributed by atoms with Gasteiger partial charge in [0.25, 0.3) is 5.91 Å². The van der Waals surface area contributed by atoms with Crippen molar-refractivity contribution in [2.24, 2.45) is 5.10 Å². The Morgan fingerprint density at radius 3 is 2.33 bits per heavy atom. The van der Waals surface area contributed by atoms with Crippen molar-refractivity contribution in [1.29, 1.82) is 0 Å². The van der Waals surface area contributed by atoms with Gasteiger partial charge in [0.15, 0.2) is 17.1 Å². The number of nitrogen functional groups attached to an aromatic ring is 1. The summed E-state index contributed by atoms with van der Waals surface area (Å²) in [6, 6.07) is 11.0. The second kappa shape index (κ2) is 10.9. The molecule has 0 bridgehead atoms. The Bertz CT molecular complexity index is 1400. The highest BCUT2D eigenvalue weighted by Gasteiger charge is 2.24. The Hall–Kier alpha value is -4.34. The molecule has 0 aliphatic rings. The molecule has 0 radical (unpaired) electrons. The summed E-state index contributed by atoms with van der Waals surface area (Å²) in [5.74, 6) is 1.29. The summed E-state index contributed by atoms with van der Waals surface area (Å²) in [5, 5.41) is 7.51. The molecule has 10 heteroatoms. The van der Waals surface area contributed by atoms with Gasteiger partial charge in [-0.1, -0.05) is 31.9 Å². The topological polar surface area (TPSA) is 126 Å². The number of fused-ring (bicyclic) bond motifs is 2. The number of anilines is 1. The van der Waals surface area contributed by atoms with Gasteiger partial charge in [-0.3, -0.25) is 4.79 Å². The molecule has 0 aliphatic heterocycles. The molecule has 0 saturated heterocycles. The van der Waals surface area contributed by atoms with Crippen LogP contribution < -0.4 is 25.3 Å². The number of hydrogen-bond acceptors (Lipinski definition) is 8. The Kier molecular flexibility index (Phi) is 7.53. The first-order chi connectivity index (χ1) is 17.5. The van der Waals surface area contributed by atoms with Crippen LogP contribution in [0.3, 0.4) is 0 Å². The summed E-state index contributed by atoms with van der Waals surface area (Å²) in [5.41, 5.74) is 9.50. The molecule has 0 fully saturated rings. The molecule has 0 unspecified atom stereocenters. The molecule has 0 saturated carbocycles. The summed E-state index contributed by atoms with van der Waals surface area (Å²) in [7, 11) is 4.63. The fourth-order valence-electron chi connectivity index (χ4n) is 3.95. The van der Waals surface area contributed by atoms with Gasteiger partial charge in [0, 0.05) is 12.1 Å². The second-order valence-corrected chi connectivity index (χ2v) is 8.12. The van der Waals surface area contributed by atoms with Crippen LogP contribution >= 0.6 is 0 Å². The molecule has 10 nitrogen and oxygen atoms in total. The molecule has 1 amide bonds. The number of ether oxygens (including phenoxy) is 3. The van der Waals surface area contributed by atoms with Crippen LogP contribution in [0.1, 0.15) is 42.1 Å². The van der Waals surface area contributed by atoms with Crippen molar-refractivity contribution in [3.05, 3.63) is 47.5 Å². The number of amides is 1. The molecular weight excluding hydrogens is 460 g/mol. The van der Waals surface area contributed by atoms with E-state index >= 15 is 0 Å². The third-order valence-corrected chi connectivity index (χ3v) is 5.78. The predicted molar refractivity (Wildman–Crippen MR) is 140 cm³/mol. The van der Waals surface area contributed by atoms with Crippen LogP contribution in [0, 0.1) is 0 Å². The van der Waals surface area contributed by atoms with Gasteiger partial charge in [0.2, 0.25) is 5.75 Å². The lowest BCUT2D eigenvalue weighted by Gasteiger charge is -2.12. The zero-order valence-electron chi connectivity index (χ0n) is 20.9. The van der Waals surface area contributed by atoms with E-state index in [1.54, 1.807) is 39.7 Å². The largest absolute Gasteiger partial charge is 0.493 e. The lowest BCUT2D eigenvalue weighted by atomic mass is 10.2.